The van der Waals surface area contributed by atoms with Crippen LogP contribution in [0.3, 0.4) is 0 Å². The minimum Gasteiger partial charge on any atom is -0.367 e. The quantitative estimate of drug-likeness (QED) is 0.683. The van der Waals surface area contributed by atoms with E-state index in [4.69, 9.17) is 4.74 Å². The van der Waals surface area contributed by atoms with Crippen LogP contribution in [0.25, 0.3) is 0 Å². The van der Waals surface area contributed by atoms with E-state index in [9.17, 15) is 5.11 Å². The summed E-state index contributed by atoms with van der Waals surface area (Å²) in [6, 6.07) is 0. The Morgan fingerprint density at radius 3 is 2.54 bits per heavy atom. The molecule has 0 aromatic heterocycles. The summed E-state index contributed by atoms with van der Waals surface area (Å²) in [5.41, 5.74) is 0.686. The van der Waals surface area contributed by atoms with Crippen molar-refractivity contribution in [3.63, 3.8) is 0 Å². The lowest BCUT2D eigenvalue weighted by atomic mass is 9.88. The van der Waals surface area contributed by atoms with Gasteiger partial charge >= 0.3 is 0 Å². The predicted molar refractivity (Wildman–Crippen MR) is 53.3 cm³/mol. The number of unbranched alkanes of at least 4 members (excludes halogenated alkanes) is 1. The maximum absolute atomic E-state index is 9.64. The maximum Gasteiger partial charge on any atom is 0.162 e. The van der Waals surface area contributed by atoms with E-state index in [1.807, 2.05) is 13.8 Å². The van der Waals surface area contributed by atoms with E-state index in [1.54, 1.807) is 0 Å². The summed E-state index contributed by atoms with van der Waals surface area (Å²) >= 11 is 0. The second kappa shape index (κ2) is 3.81. The van der Waals surface area contributed by atoms with Gasteiger partial charge in [-0.05, 0) is 25.8 Å². The van der Waals surface area contributed by atoms with Crippen LogP contribution in [0.5, 0.6) is 0 Å². The fourth-order valence-electron chi connectivity index (χ4n) is 1.82. The van der Waals surface area contributed by atoms with Gasteiger partial charge in [-0.15, -0.1) is 0 Å². The van der Waals surface area contributed by atoms with Crippen LogP contribution in [0.4, 0.5) is 0 Å². The molecule has 0 saturated carbocycles. The molecule has 1 aliphatic heterocycles. The van der Waals surface area contributed by atoms with Crippen LogP contribution >= 0.6 is 0 Å². The molecule has 2 heteroatoms. The molecule has 2 nitrogen and oxygen atoms in total. The molecule has 0 aliphatic carbocycles. The van der Waals surface area contributed by atoms with Crippen molar-refractivity contribution >= 4 is 0 Å². The first-order valence-electron chi connectivity index (χ1n) is 5.04. The van der Waals surface area contributed by atoms with Crippen LogP contribution in [0.15, 0.2) is 12.2 Å². The Labute approximate surface area is 80.6 Å². The minimum atomic E-state index is -0.644. The molecule has 2 unspecified atom stereocenters. The zero-order chi connectivity index (χ0) is 10.1. The standard InChI is InChI=1S/C11H20O2/c1-5-6-7-9-8(2)11(3,4)13-10(9)12/h9-10,12H,2,5-7H2,1,3-4H3. The molecule has 0 aromatic rings. The van der Waals surface area contributed by atoms with Crippen LogP contribution in [0.1, 0.15) is 40.0 Å². The van der Waals surface area contributed by atoms with Gasteiger partial charge in [-0.2, -0.15) is 0 Å². The molecular formula is C11H20O2. The summed E-state index contributed by atoms with van der Waals surface area (Å²) in [5.74, 6) is 0.134. The van der Waals surface area contributed by atoms with E-state index < -0.39 is 6.29 Å². The lowest BCUT2D eigenvalue weighted by Crippen LogP contribution is -2.20. The first-order chi connectivity index (χ1) is 5.99. The molecule has 2 atom stereocenters. The van der Waals surface area contributed by atoms with Gasteiger partial charge in [0.2, 0.25) is 0 Å². The Kier molecular flexibility index (Phi) is 3.14. The van der Waals surface area contributed by atoms with Gasteiger partial charge in [0, 0.05) is 5.92 Å². The van der Waals surface area contributed by atoms with Crippen LogP contribution < -0.4 is 0 Å². The summed E-state index contributed by atoms with van der Waals surface area (Å²) < 4.78 is 5.43. The number of hydrogen-bond acceptors (Lipinski definition) is 2. The average molecular weight is 184 g/mol. The van der Waals surface area contributed by atoms with Gasteiger partial charge in [0.15, 0.2) is 6.29 Å². The van der Waals surface area contributed by atoms with Gasteiger partial charge in [-0.1, -0.05) is 26.3 Å². The van der Waals surface area contributed by atoms with Crippen molar-refractivity contribution in [3.05, 3.63) is 12.2 Å². The summed E-state index contributed by atoms with van der Waals surface area (Å²) in [4.78, 5) is 0. The Balaban J connectivity index is 2.60. The number of aliphatic hydroxyl groups is 1. The monoisotopic (exact) mass is 184 g/mol. The van der Waals surface area contributed by atoms with E-state index >= 15 is 0 Å². The highest BCUT2D eigenvalue weighted by molar-refractivity contribution is 5.18. The number of rotatable bonds is 3. The number of ether oxygens (including phenoxy) is 1. The van der Waals surface area contributed by atoms with Crippen molar-refractivity contribution in [1.82, 2.24) is 0 Å². The molecule has 0 spiro atoms. The van der Waals surface area contributed by atoms with Crippen molar-refractivity contribution in [1.29, 1.82) is 0 Å². The van der Waals surface area contributed by atoms with Gasteiger partial charge in [-0.25, -0.2) is 0 Å². The second-order valence-electron chi connectivity index (χ2n) is 4.29. The Morgan fingerprint density at radius 1 is 1.54 bits per heavy atom. The molecule has 1 rings (SSSR count). The van der Waals surface area contributed by atoms with Crippen molar-refractivity contribution in [3.8, 4) is 0 Å². The predicted octanol–water partition coefficient (Wildman–Crippen LogP) is 2.48. The lowest BCUT2D eigenvalue weighted by molar-refractivity contribution is -0.134. The molecule has 0 aromatic carbocycles. The number of aliphatic hydroxyl groups excluding tert-OH is 1. The highest BCUT2D eigenvalue weighted by Gasteiger charge is 2.42. The van der Waals surface area contributed by atoms with Gasteiger partial charge in [-0.3, -0.25) is 0 Å². The molecule has 1 heterocycles. The summed E-state index contributed by atoms with van der Waals surface area (Å²) in [7, 11) is 0. The summed E-state index contributed by atoms with van der Waals surface area (Å²) in [6.45, 7) is 10.1. The lowest BCUT2D eigenvalue weighted by Gasteiger charge is -2.18. The van der Waals surface area contributed by atoms with Crippen LogP contribution in [0, 0.1) is 5.92 Å². The van der Waals surface area contributed by atoms with Crippen LogP contribution in [-0.2, 0) is 4.74 Å². The van der Waals surface area contributed by atoms with Gasteiger partial charge in [0.25, 0.3) is 0 Å². The molecular weight excluding hydrogens is 164 g/mol. The zero-order valence-corrected chi connectivity index (χ0v) is 8.84. The van der Waals surface area contributed by atoms with E-state index in [0.717, 1.165) is 24.8 Å². The molecule has 1 saturated heterocycles. The molecule has 1 fully saturated rings. The van der Waals surface area contributed by atoms with E-state index in [-0.39, 0.29) is 11.5 Å². The van der Waals surface area contributed by atoms with Crippen molar-refractivity contribution in [2.24, 2.45) is 5.92 Å². The molecule has 1 N–H and O–H groups in total. The first kappa shape index (κ1) is 10.7. The molecule has 76 valence electrons. The second-order valence-corrected chi connectivity index (χ2v) is 4.29. The zero-order valence-electron chi connectivity index (χ0n) is 8.84. The van der Waals surface area contributed by atoms with E-state index in [1.165, 1.54) is 0 Å². The van der Waals surface area contributed by atoms with Crippen molar-refractivity contribution in [2.75, 3.05) is 0 Å². The Hall–Kier alpha value is -0.340. The van der Waals surface area contributed by atoms with E-state index in [2.05, 4.69) is 13.5 Å². The Morgan fingerprint density at radius 2 is 2.15 bits per heavy atom. The SMILES string of the molecule is C=C1C(CCCC)C(O)OC1(C)C. The highest BCUT2D eigenvalue weighted by Crippen LogP contribution is 2.40. The third-order valence-corrected chi connectivity index (χ3v) is 2.85. The van der Waals surface area contributed by atoms with Crippen LogP contribution in [0.2, 0.25) is 0 Å². The molecule has 0 amide bonds. The fraction of sp³-hybridized carbons (Fsp3) is 0.818. The minimum absolute atomic E-state index is 0.134. The van der Waals surface area contributed by atoms with Crippen molar-refractivity contribution < 1.29 is 9.84 Å². The fourth-order valence-corrected chi connectivity index (χ4v) is 1.82. The third kappa shape index (κ3) is 2.12. The molecule has 0 bridgehead atoms. The average Bonchev–Trinajstić information content (AvgIpc) is 2.21. The molecule has 1 aliphatic rings. The Bertz CT molecular complexity index is 196. The number of hydrogen-bond donors (Lipinski definition) is 1. The maximum atomic E-state index is 9.64. The summed E-state index contributed by atoms with van der Waals surface area (Å²) in [5, 5.41) is 9.64. The normalized spacial score (nSPS) is 32.5. The first-order valence-corrected chi connectivity index (χ1v) is 5.04. The molecule has 0 radical (unpaired) electrons. The third-order valence-electron chi connectivity index (χ3n) is 2.85. The van der Waals surface area contributed by atoms with Gasteiger partial charge in [0.05, 0.1) is 5.60 Å². The highest BCUT2D eigenvalue weighted by atomic mass is 16.6. The van der Waals surface area contributed by atoms with Gasteiger partial charge in [0.1, 0.15) is 0 Å². The largest absolute Gasteiger partial charge is 0.367 e. The van der Waals surface area contributed by atoms with Crippen LogP contribution in [-0.4, -0.2) is 17.0 Å². The van der Waals surface area contributed by atoms with Crippen molar-refractivity contribution in [2.45, 2.75) is 51.9 Å². The smallest absolute Gasteiger partial charge is 0.162 e. The van der Waals surface area contributed by atoms with E-state index in [0.29, 0.717) is 0 Å². The summed E-state index contributed by atoms with van der Waals surface area (Å²) in [6.07, 6.45) is 2.62. The molecule has 13 heavy (non-hydrogen) atoms. The van der Waals surface area contributed by atoms with Gasteiger partial charge < -0.3 is 9.84 Å². The topological polar surface area (TPSA) is 29.5 Å².